The lowest BCUT2D eigenvalue weighted by Crippen LogP contribution is -2.68. The Morgan fingerprint density at radius 1 is 0.940 bits per heavy atom. The van der Waals surface area contributed by atoms with Gasteiger partial charge in [-0.3, -0.25) is 14.3 Å². The molecule has 1 aromatic heterocycles. The van der Waals surface area contributed by atoms with E-state index in [0.717, 1.165) is 16.7 Å². The van der Waals surface area contributed by atoms with Gasteiger partial charge in [0.25, 0.3) is 5.56 Å². The minimum Gasteiger partial charge on any atom is -0.497 e. The van der Waals surface area contributed by atoms with E-state index in [-0.39, 0.29) is 17.2 Å². The highest BCUT2D eigenvalue weighted by Crippen LogP contribution is 2.57. The molecule has 268 valence electrons. The lowest BCUT2D eigenvalue weighted by atomic mass is 9.64. The Morgan fingerprint density at radius 2 is 1.44 bits per heavy atom. The number of H-pyrrole nitrogens is 1. The molecule has 5 rings (SSSR count). The molecule has 11 heteroatoms. The van der Waals surface area contributed by atoms with Crippen molar-refractivity contribution in [3.05, 3.63) is 128 Å². The van der Waals surface area contributed by atoms with E-state index in [4.69, 9.17) is 14.2 Å². The fourth-order valence-corrected chi connectivity index (χ4v) is 11.2. The van der Waals surface area contributed by atoms with Gasteiger partial charge in [-0.1, -0.05) is 88.5 Å². The van der Waals surface area contributed by atoms with Crippen LogP contribution in [0.4, 0.5) is 0 Å². The molecule has 0 bridgehead atoms. The van der Waals surface area contributed by atoms with E-state index in [2.05, 4.69) is 38.8 Å². The van der Waals surface area contributed by atoms with E-state index in [9.17, 15) is 19.8 Å². The lowest BCUT2D eigenvalue weighted by Gasteiger charge is -2.52. The number of thioether (sulfide) groups is 1. The fraction of sp³-hybridized carbons (Fsp3) is 0.436. The summed E-state index contributed by atoms with van der Waals surface area (Å²) < 4.78 is 19.7. The Hall–Kier alpha value is -3.61. The average molecular weight is 719 g/mol. The Balaban J connectivity index is 1.89. The molecule has 4 aromatic rings. The Kier molecular flexibility index (Phi) is 10.4. The van der Waals surface area contributed by atoms with Crippen LogP contribution in [0.25, 0.3) is 0 Å². The van der Waals surface area contributed by atoms with Crippen molar-refractivity contribution in [2.24, 2.45) is 0 Å². The molecule has 50 heavy (non-hydrogen) atoms. The molecule has 0 saturated carbocycles. The first-order chi connectivity index (χ1) is 23.5. The van der Waals surface area contributed by atoms with Crippen molar-refractivity contribution in [3.63, 3.8) is 0 Å². The van der Waals surface area contributed by atoms with Gasteiger partial charge in [0.2, 0.25) is 0 Å². The minimum absolute atomic E-state index is 0.0283. The molecule has 1 unspecified atom stereocenters. The van der Waals surface area contributed by atoms with Crippen molar-refractivity contribution in [1.82, 2.24) is 9.55 Å². The van der Waals surface area contributed by atoms with Gasteiger partial charge in [0.1, 0.15) is 23.7 Å². The van der Waals surface area contributed by atoms with Crippen molar-refractivity contribution in [1.29, 1.82) is 0 Å². The summed E-state index contributed by atoms with van der Waals surface area (Å²) in [5, 5.41) is 25.1. The highest BCUT2D eigenvalue weighted by molar-refractivity contribution is 7.98. The Bertz CT molecular complexity index is 1860. The van der Waals surface area contributed by atoms with E-state index in [1.165, 1.54) is 22.5 Å². The molecule has 0 aliphatic carbocycles. The molecule has 0 spiro atoms. The molecule has 1 fully saturated rings. The SMILES string of the molecule is COc1ccc(C(c2ccccc2)(c2ccc(OC)cc2)C(O)[C@H]2O[C@@](CSC)(n3cc(C)c(=O)[nH]c3=O)C[C@@]2(O)[Si](C)(C)C(C)(C)C)cc1. The van der Waals surface area contributed by atoms with Gasteiger partial charge in [-0.15, -0.1) is 0 Å². The highest BCUT2D eigenvalue weighted by atomic mass is 32.2. The van der Waals surface area contributed by atoms with E-state index < -0.39 is 47.9 Å². The number of rotatable bonds is 11. The van der Waals surface area contributed by atoms with Crippen LogP contribution >= 0.6 is 11.8 Å². The summed E-state index contributed by atoms with van der Waals surface area (Å²) in [5.74, 6) is 1.59. The number of ether oxygens (including phenoxy) is 3. The highest BCUT2D eigenvalue weighted by Gasteiger charge is 2.69. The minimum atomic E-state index is -2.89. The van der Waals surface area contributed by atoms with E-state index in [0.29, 0.717) is 17.1 Å². The summed E-state index contributed by atoms with van der Waals surface area (Å²) in [6, 6.07) is 24.9. The molecule has 9 nitrogen and oxygen atoms in total. The number of aromatic amines is 1. The van der Waals surface area contributed by atoms with Gasteiger partial charge >= 0.3 is 5.69 Å². The van der Waals surface area contributed by atoms with E-state index in [1.807, 2.05) is 85.1 Å². The van der Waals surface area contributed by atoms with Crippen molar-refractivity contribution >= 4 is 19.8 Å². The molecule has 2 heterocycles. The fourth-order valence-electron chi connectivity index (χ4n) is 7.49. The second-order valence-electron chi connectivity index (χ2n) is 14.9. The molecule has 0 amide bonds. The van der Waals surface area contributed by atoms with Crippen LogP contribution in [0, 0.1) is 6.92 Å². The quantitative estimate of drug-likeness (QED) is 0.131. The maximum Gasteiger partial charge on any atom is 0.330 e. The summed E-state index contributed by atoms with van der Waals surface area (Å²) in [6.07, 6.45) is 0.858. The van der Waals surface area contributed by atoms with Gasteiger partial charge in [-0.05, 0) is 59.2 Å². The van der Waals surface area contributed by atoms with Crippen LogP contribution in [0.15, 0.2) is 94.6 Å². The molecule has 1 saturated heterocycles. The molecule has 3 aromatic carbocycles. The third-order valence-corrected chi connectivity index (χ3v) is 18.4. The van der Waals surface area contributed by atoms with Crippen LogP contribution in [-0.4, -0.2) is 71.5 Å². The summed E-state index contributed by atoms with van der Waals surface area (Å²) in [6.45, 7) is 12.2. The number of aromatic nitrogens is 2. The second-order valence-corrected chi connectivity index (χ2v) is 21.4. The number of hydrogen-bond acceptors (Lipinski definition) is 8. The van der Waals surface area contributed by atoms with E-state index >= 15 is 0 Å². The van der Waals surface area contributed by atoms with Gasteiger partial charge in [0.05, 0.1) is 32.9 Å². The molecule has 0 radical (unpaired) electrons. The van der Waals surface area contributed by atoms with Gasteiger partial charge < -0.3 is 24.4 Å². The lowest BCUT2D eigenvalue weighted by molar-refractivity contribution is -0.145. The number of aliphatic hydroxyl groups excluding tert-OH is 1. The van der Waals surface area contributed by atoms with Crippen LogP contribution in [-0.2, 0) is 15.9 Å². The van der Waals surface area contributed by atoms with Gasteiger partial charge in [0, 0.05) is 23.9 Å². The van der Waals surface area contributed by atoms with Crippen LogP contribution < -0.4 is 20.7 Å². The molecule has 3 N–H and O–H groups in total. The molecule has 1 aliphatic rings. The van der Waals surface area contributed by atoms with Crippen LogP contribution in [0.3, 0.4) is 0 Å². The average Bonchev–Trinajstić information content (AvgIpc) is 3.41. The molecule has 1 aliphatic heterocycles. The predicted molar refractivity (Wildman–Crippen MR) is 202 cm³/mol. The first-order valence-corrected chi connectivity index (χ1v) is 21.2. The molecule has 4 atom stereocenters. The summed E-state index contributed by atoms with van der Waals surface area (Å²) in [5.41, 5.74) is -1.19. The smallest absolute Gasteiger partial charge is 0.330 e. The Morgan fingerprint density at radius 3 is 1.90 bits per heavy atom. The molecular formula is C39H50N2O7SSi. The summed E-state index contributed by atoms with van der Waals surface area (Å²) in [4.78, 5) is 28.6. The van der Waals surface area contributed by atoms with Gasteiger partial charge in [0.15, 0.2) is 5.72 Å². The number of methoxy groups -OCH3 is 2. The number of hydrogen-bond donors (Lipinski definition) is 3. The number of nitrogens with zero attached hydrogens (tertiary/aromatic N) is 1. The number of aliphatic hydroxyl groups is 2. The third-order valence-electron chi connectivity index (χ3n) is 11.3. The van der Waals surface area contributed by atoms with Crippen molar-refractivity contribution in [2.75, 3.05) is 26.2 Å². The standard InChI is InChI=1S/C39H50N2O7SSi/c1-26-23-41(35(44)40-34(26)43)37(25-49-7)24-38(45,50(8,9)36(2,3)4)33(48-37)32(42)39(27-13-11-10-12-14-27,28-15-19-30(46-5)20-16-28)29-17-21-31(47-6)22-18-29/h10-23,32-33,42,45H,24-25H2,1-9H3,(H,40,43,44)/t32?,33-,37+,38-/m1/s1. The Labute approximate surface area is 299 Å². The monoisotopic (exact) mass is 718 g/mol. The number of nitrogens with one attached hydrogen (secondary N) is 1. The van der Waals surface area contributed by atoms with Crippen molar-refractivity contribution in [3.8, 4) is 11.5 Å². The third kappa shape index (κ3) is 6.06. The maximum absolute atomic E-state index is 13.6. The number of aryl methyl sites for hydroxylation is 1. The topological polar surface area (TPSA) is 123 Å². The summed E-state index contributed by atoms with van der Waals surface area (Å²) in [7, 11) is 0.321. The van der Waals surface area contributed by atoms with Crippen LogP contribution in [0.5, 0.6) is 11.5 Å². The number of benzene rings is 3. The van der Waals surface area contributed by atoms with Crippen molar-refractivity contribution in [2.45, 2.75) is 80.8 Å². The van der Waals surface area contributed by atoms with Crippen molar-refractivity contribution < 1.29 is 24.4 Å². The first kappa shape index (κ1) is 37.6. The zero-order chi connectivity index (χ0) is 36.7. The normalized spacial score (nSPS) is 21.9. The van der Waals surface area contributed by atoms with Crippen LogP contribution in [0.2, 0.25) is 18.1 Å². The first-order valence-electron chi connectivity index (χ1n) is 16.8. The zero-order valence-electron chi connectivity index (χ0n) is 30.4. The van der Waals surface area contributed by atoms with Crippen LogP contribution in [0.1, 0.15) is 49.4 Å². The van der Waals surface area contributed by atoms with E-state index in [1.54, 1.807) is 21.1 Å². The van der Waals surface area contributed by atoms with Gasteiger partial charge in [-0.25, -0.2) is 4.79 Å². The molecular weight excluding hydrogens is 669 g/mol. The largest absolute Gasteiger partial charge is 0.497 e. The second kappa shape index (κ2) is 13.8. The zero-order valence-corrected chi connectivity index (χ0v) is 32.3. The van der Waals surface area contributed by atoms with Gasteiger partial charge in [-0.2, -0.15) is 11.8 Å². The maximum atomic E-state index is 13.6. The predicted octanol–water partition coefficient (Wildman–Crippen LogP) is 5.84. The summed E-state index contributed by atoms with van der Waals surface area (Å²) >= 11 is 1.47.